The van der Waals surface area contributed by atoms with Crippen LogP contribution in [0, 0.1) is 20.2 Å². The minimum atomic E-state index is -0.727. The second-order valence-corrected chi connectivity index (χ2v) is 5.47. The number of hydrogen-bond acceptors (Lipinski definition) is 8. The lowest BCUT2D eigenvalue weighted by Crippen LogP contribution is -2.27. The predicted molar refractivity (Wildman–Crippen MR) is 102 cm³/mol. The maximum Gasteiger partial charge on any atom is 0.270 e. The molecule has 2 aromatic carbocycles. The first-order valence-corrected chi connectivity index (χ1v) is 7.98. The van der Waals surface area contributed by atoms with E-state index >= 15 is 0 Å². The van der Waals surface area contributed by atoms with Crippen LogP contribution in [0.5, 0.6) is 0 Å². The van der Waals surface area contributed by atoms with Gasteiger partial charge in [0.15, 0.2) is 0 Å². The van der Waals surface area contributed by atoms with E-state index in [-0.39, 0.29) is 11.4 Å². The highest BCUT2D eigenvalue weighted by Gasteiger charge is 2.08. The van der Waals surface area contributed by atoms with Gasteiger partial charge in [0, 0.05) is 35.4 Å². The number of benzene rings is 2. The van der Waals surface area contributed by atoms with Gasteiger partial charge in [-0.05, 0) is 0 Å². The number of nitrogens with zero attached hydrogens (tertiary/aromatic N) is 4. The lowest BCUT2D eigenvalue weighted by molar-refractivity contribution is -0.385. The number of nitrogens with one attached hydrogen (secondary N) is 2. The quantitative estimate of drug-likeness (QED) is 0.295. The molecule has 2 N–H and O–H groups in total. The van der Waals surface area contributed by atoms with Gasteiger partial charge in [-0.3, -0.25) is 29.8 Å². The number of hydrazone groups is 2. The highest BCUT2D eigenvalue weighted by atomic mass is 16.6. The van der Waals surface area contributed by atoms with E-state index in [9.17, 15) is 29.8 Å². The molecule has 0 heterocycles. The Labute approximate surface area is 163 Å². The fraction of sp³-hybridized carbons (Fsp3) is 0.0588. The molecular formula is C17H14N6O6. The summed E-state index contributed by atoms with van der Waals surface area (Å²) in [6.07, 6.45) is 1.82. The van der Waals surface area contributed by atoms with Crippen molar-refractivity contribution >= 4 is 35.6 Å². The van der Waals surface area contributed by atoms with Gasteiger partial charge >= 0.3 is 0 Å². The van der Waals surface area contributed by atoms with Gasteiger partial charge in [0.1, 0.15) is 6.42 Å². The Morgan fingerprint density at radius 3 is 1.62 bits per heavy atom. The van der Waals surface area contributed by atoms with Crippen LogP contribution in [0.15, 0.2) is 58.7 Å². The predicted octanol–water partition coefficient (Wildman–Crippen LogP) is 1.49. The average molecular weight is 398 g/mol. The molecule has 0 aliphatic rings. The van der Waals surface area contributed by atoms with E-state index in [1.54, 1.807) is 12.1 Å². The summed E-state index contributed by atoms with van der Waals surface area (Å²) in [7, 11) is 0. The Morgan fingerprint density at radius 2 is 1.24 bits per heavy atom. The van der Waals surface area contributed by atoms with Crippen LogP contribution in [0.25, 0.3) is 0 Å². The number of amides is 2. The summed E-state index contributed by atoms with van der Waals surface area (Å²) in [5, 5.41) is 28.6. The van der Waals surface area contributed by atoms with Crippen LogP contribution in [0.1, 0.15) is 17.5 Å². The van der Waals surface area contributed by atoms with E-state index in [2.05, 4.69) is 21.1 Å². The van der Waals surface area contributed by atoms with Crippen LogP contribution < -0.4 is 10.9 Å². The molecule has 2 rings (SSSR count). The third-order valence-electron chi connectivity index (χ3n) is 3.29. The van der Waals surface area contributed by atoms with Crippen molar-refractivity contribution in [3.05, 3.63) is 79.9 Å². The number of hydrogen-bond donors (Lipinski definition) is 2. The zero-order chi connectivity index (χ0) is 21.2. The number of non-ortho nitro benzene ring substituents is 2. The fourth-order valence-electron chi connectivity index (χ4n) is 2.02. The van der Waals surface area contributed by atoms with Crippen LogP contribution in [-0.4, -0.2) is 34.1 Å². The van der Waals surface area contributed by atoms with Crippen molar-refractivity contribution in [2.45, 2.75) is 6.42 Å². The summed E-state index contributed by atoms with van der Waals surface area (Å²) in [5.74, 6) is -1.45. The molecule has 0 saturated carbocycles. The molecule has 12 heteroatoms. The van der Waals surface area contributed by atoms with Gasteiger partial charge in [-0.2, -0.15) is 10.2 Å². The monoisotopic (exact) mass is 398 g/mol. The van der Waals surface area contributed by atoms with E-state index in [1.807, 2.05) is 0 Å². The third kappa shape index (κ3) is 6.97. The van der Waals surface area contributed by atoms with Gasteiger partial charge in [-0.25, -0.2) is 10.9 Å². The molecule has 0 spiro atoms. The molecular weight excluding hydrogens is 384 g/mol. The average Bonchev–Trinajstić information content (AvgIpc) is 2.68. The summed E-state index contributed by atoms with van der Waals surface area (Å²) in [5.41, 5.74) is 4.76. The molecule has 0 aromatic heterocycles. The molecule has 0 unspecified atom stereocenters. The third-order valence-corrected chi connectivity index (χ3v) is 3.29. The minimum absolute atomic E-state index is 0.124. The van der Waals surface area contributed by atoms with Gasteiger partial charge < -0.3 is 0 Å². The van der Waals surface area contributed by atoms with E-state index in [0.717, 1.165) is 0 Å². The van der Waals surface area contributed by atoms with E-state index in [1.165, 1.54) is 48.8 Å². The summed E-state index contributed by atoms with van der Waals surface area (Å²) in [6, 6.07) is 11.2. The molecule has 0 aliphatic heterocycles. The fourth-order valence-corrected chi connectivity index (χ4v) is 2.02. The molecule has 148 valence electrons. The van der Waals surface area contributed by atoms with Crippen molar-refractivity contribution in [3.8, 4) is 0 Å². The van der Waals surface area contributed by atoms with E-state index in [0.29, 0.717) is 11.1 Å². The summed E-state index contributed by atoms with van der Waals surface area (Å²) >= 11 is 0. The largest absolute Gasteiger partial charge is 0.273 e. The van der Waals surface area contributed by atoms with Crippen molar-refractivity contribution in [3.63, 3.8) is 0 Å². The number of nitro groups is 2. The van der Waals surface area contributed by atoms with Crippen LogP contribution in [-0.2, 0) is 9.59 Å². The van der Waals surface area contributed by atoms with E-state index < -0.39 is 28.1 Å². The Balaban J connectivity index is 1.81. The van der Waals surface area contributed by atoms with Gasteiger partial charge in [-0.1, -0.05) is 24.3 Å². The summed E-state index contributed by atoms with van der Waals surface area (Å²) in [6.45, 7) is 0. The van der Waals surface area contributed by atoms with Crippen LogP contribution in [0.3, 0.4) is 0 Å². The van der Waals surface area contributed by atoms with Crippen molar-refractivity contribution in [2.24, 2.45) is 10.2 Å². The maximum atomic E-state index is 11.7. The van der Waals surface area contributed by atoms with Gasteiger partial charge in [-0.15, -0.1) is 0 Å². The van der Waals surface area contributed by atoms with Gasteiger partial charge in [0.2, 0.25) is 11.8 Å². The molecule has 0 fully saturated rings. The number of carbonyl (C=O) groups is 2. The van der Waals surface area contributed by atoms with Crippen molar-refractivity contribution < 1.29 is 19.4 Å². The van der Waals surface area contributed by atoms with Crippen molar-refractivity contribution in [1.29, 1.82) is 0 Å². The molecule has 12 nitrogen and oxygen atoms in total. The Kier molecular flexibility index (Phi) is 7.19. The van der Waals surface area contributed by atoms with Crippen LogP contribution in [0.2, 0.25) is 0 Å². The normalized spacial score (nSPS) is 10.8. The standard InChI is InChI=1S/C17H14N6O6/c24-16(20-18-10-12-3-1-5-14(7-12)22(26)27)9-17(25)21-19-11-13-4-2-6-15(8-13)23(28)29/h1-8,10-11H,9H2,(H,20,24)(H,21,25)/b18-10-,19-11-. The highest BCUT2D eigenvalue weighted by molar-refractivity contribution is 5.97. The van der Waals surface area contributed by atoms with E-state index in [4.69, 9.17) is 0 Å². The van der Waals surface area contributed by atoms with Crippen molar-refractivity contribution in [1.82, 2.24) is 10.9 Å². The first-order chi connectivity index (χ1) is 13.8. The molecule has 0 radical (unpaired) electrons. The molecule has 0 atom stereocenters. The first-order valence-electron chi connectivity index (χ1n) is 7.98. The maximum absolute atomic E-state index is 11.7. The smallest absolute Gasteiger partial charge is 0.270 e. The second kappa shape index (κ2) is 10.0. The molecule has 2 amide bonds. The summed E-state index contributed by atoms with van der Waals surface area (Å²) < 4.78 is 0. The minimum Gasteiger partial charge on any atom is -0.273 e. The SMILES string of the molecule is O=C(CC(=O)N/N=C\c1cccc([N+](=O)[O-])c1)N/N=C\c1cccc([N+](=O)[O-])c1. The Morgan fingerprint density at radius 1 is 0.828 bits per heavy atom. The molecule has 29 heavy (non-hydrogen) atoms. The van der Waals surface area contributed by atoms with Gasteiger partial charge in [0.05, 0.1) is 22.3 Å². The second-order valence-electron chi connectivity index (χ2n) is 5.47. The first kappa shape index (κ1) is 20.8. The van der Waals surface area contributed by atoms with Gasteiger partial charge in [0.25, 0.3) is 11.4 Å². The number of nitro benzene ring substituents is 2. The van der Waals surface area contributed by atoms with Crippen LogP contribution in [0.4, 0.5) is 11.4 Å². The molecule has 0 bridgehead atoms. The number of carbonyl (C=O) groups excluding carboxylic acids is 2. The summed E-state index contributed by atoms with van der Waals surface area (Å²) in [4.78, 5) is 43.6. The zero-order valence-electron chi connectivity index (χ0n) is 14.7. The molecule has 0 saturated heterocycles. The van der Waals surface area contributed by atoms with Crippen LogP contribution >= 0.6 is 0 Å². The number of rotatable bonds is 8. The zero-order valence-corrected chi connectivity index (χ0v) is 14.7. The van der Waals surface area contributed by atoms with Crippen molar-refractivity contribution in [2.75, 3.05) is 0 Å². The Bertz CT molecular complexity index is 924. The molecule has 2 aromatic rings. The lowest BCUT2D eigenvalue weighted by Gasteiger charge is -1.99. The lowest BCUT2D eigenvalue weighted by atomic mass is 10.2. The topological polar surface area (TPSA) is 169 Å². The molecule has 0 aliphatic carbocycles. The highest BCUT2D eigenvalue weighted by Crippen LogP contribution is 2.12. The Hall–Kier alpha value is -4.48.